The Morgan fingerprint density at radius 1 is 1.14 bits per heavy atom. The van der Waals surface area contributed by atoms with Crippen LogP contribution in [0.3, 0.4) is 0 Å². The van der Waals surface area contributed by atoms with E-state index in [0.29, 0.717) is 35.7 Å². The van der Waals surface area contributed by atoms with Crippen LogP contribution in [0, 0.1) is 6.92 Å². The maximum absolute atomic E-state index is 12.0. The third-order valence-electron chi connectivity index (χ3n) is 5.79. The van der Waals surface area contributed by atoms with Crippen LogP contribution in [0.25, 0.3) is 22.2 Å². The minimum Gasteiger partial charge on any atom is -0.351 e. The number of thiophene rings is 1. The van der Waals surface area contributed by atoms with E-state index in [0.717, 1.165) is 18.4 Å². The summed E-state index contributed by atoms with van der Waals surface area (Å²) in [5.74, 6) is 0.531. The zero-order chi connectivity index (χ0) is 23.9. The van der Waals surface area contributed by atoms with Crippen molar-refractivity contribution in [2.75, 3.05) is 10.6 Å². The van der Waals surface area contributed by atoms with Gasteiger partial charge in [-0.1, -0.05) is 24.3 Å². The summed E-state index contributed by atoms with van der Waals surface area (Å²) in [5, 5.41) is 15.9. The van der Waals surface area contributed by atoms with Gasteiger partial charge in [-0.3, -0.25) is 10.1 Å². The minimum absolute atomic E-state index is 0.148. The van der Waals surface area contributed by atoms with E-state index in [9.17, 15) is 9.59 Å². The summed E-state index contributed by atoms with van der Waals surface area (Å²) in [6.45, 7) is 2.64. The topological polar surface area (TPSA) is 125 Å². The molecule has 4 N–H and O–H groups in total. The Kier molecular flexibility index (Phi) is 5.18. The number of carbonyl (C=O) groups excluding carboxylic acids is 2. The third-order valence-corrected chi connectivity index (χ3v) is 6.82. The number of benzene rings is 1. The van der Waals surface area contributed by atoms with Gasteiger partial charge < -0.3 is 16.0 Å². The van der Waals surface area contributed by atoms with Gasteiger partial charge in [0.2, 0.25) is 11.9 Å². The average molecular weight is 487 g/mol. The summed E-state index contributed by atoms with van der Waals surface area (Å²) < 4.78 is 1.62. The van der Waals surface area contributed by atoms with Crippen molar-refractivity contribution in [1.82, 2.24) is 30.2 Å². The number of aryl methyl sites for hydroxylation is 1. The van der Waals surface area contributed by atoms with Crippen LogP contribution < -0.4 is 21.3 Å². The van der Waals surface area contributed by atoms with Gasteiger partial charge in [-0.2, -0.15) is 19.6 Å². The average Bonchev–Trinajstić information content (AvgIpc) is 3.25. The zero-order valence-electron chi connectivity index (χ0n) is 18.8. The second-order valence-corrected chi connectivity index (χ2v) is 9.80. The fourth-order valence-corrected chi connectivity index (χ4v) is 4.81. The molecule has 4 aromatic rings. The molecule has 10 nitrogen and oxygen atoms in total. The van der Waals surface area contributed by atoms with E-state index in [1.54, 1.807) is 28.1 Å². The molecule has 1 aliphatic heterocycles. The Morgan fingerprint density at radius 3 is 2.74 bits per heavy atom. The number of nitrogens with zero attached hydrogens (tertiary/aromatic N) is 4. The standard InChI is InChI=1S/C24H22N8O2S/c1-13-6-9-19(35-13)17-5-3-2-4-14(17)11-25-22-29-20-15(10-18-21(33)30-24(34)28-18)12-26-32(20)23(31-22)27-16-7-8-16/h2-6,9-10,12,16H,7-8,11H2,1H3,(H2,25,27,29,31)(H2,28,30,33,34)/b18-10-. The van der Waals surface area contributed by atoms with Crippen LogP contribution in [-0.2, 0) is 11.3 Å². The molecule has 11 heteroatoms. The fourth-order valence-electron chi connectivity index (χ4n) is 3.89. The number of anilines is 2. The Morgan fingerprint density at radius 2 is 2.00 bits per heavy atom. The summed E-state index contributed by atoms with van der Waals surface area (Å²) in [6.07, 6.45) is 5.32. The van der Waals surface area contributed by atoms with Crippen molar-refractivity contribution in [2.45, 2.75) is 32.4 Å². The highest BCUT2D eigenvalue weighted by Crippen LogP contribution is 2.31. The first-order valence-corrected chi connectivity index (χ1v) is 12.1. The van der Waals surface area contributed by atoms with Gasteiger partial charge in [0.1, 0.15) is 5.70 Å². The van der Waals surface area contributed by atoms with Crippen molar-refractivity contribution >= 4 is 46.9 Å². The van der Waals surface area contributed by atoms with E-state index in [1.165, 1.54) is 15.3 Å². The number of aromatic nitrogens is 4. The first-order chi connectivity index (χ1) is 17.0. The maximum atomic E-state index is 12.0. The number of urea groups is 1. The smallest absolute Gasteiger partial charge is 0.326 e. The highest BCUT2D eigenvalue weighted by Gasteiger charge is 2.26. The molecule has 3 aromatic heterocycles. The molecule has 1 aromatic carbocycles. The summed E-state index contributed by atoms with van der Waals surface area (Å²) in [5.41, 5.74) is 3.57. The minimum atomic E-state index is -0.551. The number of fused-ring (bicyclic) bond motifs is 1. The Hall–Kier alpha value is -4.25. The van der Waals surface area contributed by atoms with E-state index < -0.39 is 11.9 Å². The van der Waals surface area contributed by atoms with E-state index in [1.807, 2.05) is 12.1 Å². The van der Waals surface area contributed by atoms with Crippen LogP contribution >= 0.6 is 11.3 Å². The SMILES string of the molecule is Cc1ccc(-c2ccccc2CNc2nc(NC3CC3)n3ncc(/C=C4\NC(=O)NC4=O)c3n2)s1. The predicted octanol–water partition coefficient (Wildman–Crippen LogP) is 3.53. The fraction of sp³-hybridized carbons (Fsp3) is 0.208. The van der Waals surface area contributed by atoms with Crippen LogP contribution in [0.2, 0.25) is 0 Å². The van der Waals surface area contributed by atoms with E-state index >= 15 is 0 Å². The summed E-state index contributed by atoms with van der Waals surface area (Å²) in [7, 11) is 0. The molecule has 35 heavy (non-hydrogen) atoms. The highest BCUT2D eigenvalue weighted by molar-refractivity contribution is 7.15. The van der Waals surface area contributed by atoms with Gasteiger partial charge in [0.15, 0.2) is 5.65 Å². The highest BCUT2D eigenvalue weighted by atomic mass is 32.1. The first-order valence-electron chi connectivity index (χ1n) is 11.3. The number of nitrogens with one attached hydrogen (secondary N) is 4. The monoisotopic (exact) mass is 486 g/mol. The van der Waals surface area contributed by atoms with Crippen LogP contribution in [0.15, 0.2) is 48.3 Å². The summed E-state index contributed by atoms with van der Waals surface area (Å²) in [6, 6.07) is 12.3. The van der Waals surface area contributed by atoms with E-state index in [4.69, 9.17) is 0 Å². The van der Waals surface area contributed by atoms with Crippen molar-refractivity contribution in [2.24, 2.45) is 0 Å². The molecule has 0 unspecified atom stereocenters. The van der Waals surface area contributed by atoms with Gasteiger partial charge in [-0.25, -0.2) is 4.79 Å². The molecule has 1 aliphatic carbocycles. The van der Waals surface area contributed by atoms with Crippen molar-refractivity contribution in [3.05, 3.63) is 64.3 Å². The van der Waals surface area contributed by atoms with Gasteiger partial charge in [0.05, 0.1) is 6.20 Å². The number of amides is 3. The molecular formula is C24H22N8O2S. The lowest BCUT2D eigenvalue weighted by molar-refractivity contribution is -0.115. The molecule has 1 saturated carbocycles. The second kappa shape index (κ2) is 8.51. The third kappa shape index (κ3) is 4.33. The van der Waals surface area contributed by atoms with E-state index in [-0.39, 0.29) is 5.70 Å². The molecule has 6 rings (SSSR count). The molecule has 2 aliphatic rings. The molecule has 2 fully saturated rings. The van der Waals surface area contributed by atoms with Crippen molar-refractivity contribution in [1.29, 1.82) is 0 Å². The largest absolute Gasteiger partial charge is 0.351 e. The lowest BCUT2D eigenvalue weighted by atomic mass is 10.1. The number of hydrogen-bond donors (Lipinski definition) is 4. The normalized spacial score (nSPS) is 16.5. The van der Waals surface area contributed by atoms with Crippen molar-refractivity contribution < 1.29 is 9.59 Å². The molecule has 1 saturated heterocycles. The van der Waals surface area contributed by atoms with Crippen molar-refractivity contribution in [3.8, 4) is 10.4 Å². The molecule has 4 heterocycles. The molecule has 0 atom stereocenters. The maximum Gasteiger partial charge on any atom is 0.326 e. The van der Waals surface area contributed by atoms with E-state index in [2.05, 4.69) is 67.5 Å². The van der Waals surface area contributed by atoms with Crippen LogP contribution in [-0.4, -0.2) is 37.6 Å². The van der Waals surface area contributed by atoms with Crippen LogP contribution in [0.5, 0.6) is 0 Å². The van der Waals surface area contributed by atoms with Crippen LogP contribution in [0.1, 0.15) is 28.8 Å². The Labute approximate surface area is 204 Å². The van der Waals surface area contributed by atoms with Gasteiger partial charge in [-0.15, -0.1) is 11.3 Å². The predicted molar refractivity (Wildman–Crippen MR) is 134 cm³/mol. The first kappa shape index (κ1) is 21.3. The summed E-state index contributed by atoms with van der Waals surface area (Å²) >= 11 is 1.76. The lowest BCUT2D eigenvalue weighted by Crippen LogP contribution is -2.22. The van der Waals surface area contributed by atoms with Gasteiger partial charge in [0.25, 0.3) is 5.91 Å². The Bertz CT molecular complexity index is 1500. The quantitative estimate of drug-likeness (QED) is 0.233. The molecule has 176 valence electrons. The molecule has 0 bridgehead atoms. The van der Waals surface area contributed by atoms with Crippen LogP contribution in [0.4, 0.5) is 16.7 Å². The summed E-state index contributed by atoms with van der Waals surface area (Å²) in [4.78, 5) is 35.3. The molecule has 0 radical (unpaired) electrons. The number of rotatable bonds is 7. The lowest BCUT2D eigenvalue weighted by Gasteiger charge is -2.12. The number of carbonyl (C=O) groups is 2. The van der Waals surface area contributed by atoms with Crippen molar-refractivity contribution in [3.63, 3.8) is 0 Å². The molecule has 0 spiro atoms. The van der Waals surface area contributed by atoms with Gasteiger partial charge >= 0.3 is 6.03 Å². The van der Waals surface area contributed by atoms with Gasteiger partial charge in [0, 0.05) is 27.9 Å². The number of imide groups is 1. The Balaban J connectivity index is 1.34. The number of hydrogen-bond acceptors (Lipinski definition) is 8. The molecule has 3 amide bonds. The second-order valence-electron chi connectivity index (χ2n) is 8.51. The molecular weight excluding hydrogens is 464 g/mol. The van der Waals surface area contributed by atoms with Gasteiger partial charge in [-0.05, 0) is 49.1 Å². The zero-order valence-corrected chi connectivity index (χ0v) is 19.6.